The summed E-state index contributed by atoms with van der Waals surface area (Å²) in [7, 11) is 3.82. The minimum Gasteiger partial charge on any atom is -0.872 e. The molecule has 0 spiro atoms. The van der Waals surface area contributed by atoms with Crippen molar-refractivity contribution in [2.24, 2.45) is 0 Å². The number of benzene rings is 1. The van der Waals surface area contributed by atoms with E-state index in [1.807, 2.05) is 25.1 Å². The fourth-order valence-corrected chi connectivity index (χ4v) is 0.762. The van der Waals surface area contributed by atoms with Crippen LogP contribution in [-0.2, 0) is 0 Å². The average molecular weight is 159 g/mol. The normalized spacial score (nSPS) is 8.55. The maximum absolute atomic E-state index is 10.8. The van der Waals surface area contributed by atoms with Crippen LogP contribution < -0.4 is 39.6 Å². The van der Waals surface area contributed by atoms with Crippen LogP contribution in [0.3, 0.4) is 0 Å². The molecule has 2 nitrogen and oxygen atoms in total. The van der Waals surface area contributed by atoms with E-state index in [2.05, 4.69) is 0 Å². The van der Waals surface area contributed by atoms with Crippen molar-refractivity contribution in [2.45, 2.75) is 0 Å². The van der Waals surface area contributed by atoms with E-state index in [1.54, 1.807) is 18.2 Å². The zero-order valence-electron chi connectivity index (χ0n) is 7.16. The Morgan fingerprint density at radius 2 is 1.91 bits per heavy atom. The van der Waals surface area contributed by atoms with Crippen LogP contribution in [0.2, 0.25) is 0 Å². The number of hydrogen-bond acceptors (Lipinski definition) is 2. The minimum atomic E-state index is 0. The maximum Gasteiger partial charge on any atom is 1.00 e. The SMILES string of the molecule is CN(C)c1cccc([O-])c1.[Na+]. The van der Waals surface area contributed by atoms with Gasteiger partial charge in [0.2, 0.25) is 0 Å². The van der Waals surface area contributed by atoms with E-state index in [0.717, 1.165) is 5.69 Å². The predicted molar refractivity (Wildman–Crippen MR) is 40.2 cm³/mol. The van der Waals surface area contributed by atoms with Crippen LogP contribution in [0.5, 0.6) is 5.75 Å². The summed E-state index contributed by atoms with van der Waals surface area (Å²) < 4.78 is 0. The Morgan fingerprint density at radius 1 is 1.27 bits per heavy atom. The number of anilines is 1. The van der Waals surface area contributed by atoms with Gasteiger partial charge in [-0.3, -0.25) is 0 Å². The van der Waals surface area contributed by atoms with Crippen LogP contribution in [0.4, 0.5) is 5.69 Å². The van der Waals surface area contributed by atoms with Gasteiger partial charge in [0.1, 0.15) is 0 Å². The third kappa shape index (κ3) is 3.14. The second kappa shape index (κ2) is 4.65. The van der Waals surface area contributed by atoms with Crippen molar-refractivity contribution in [3.8, 4) is 5.75 Å². The molecule has 11 heavy (non-hydrogen) atoms. The van der Waals surface area contributed by atoms with Crippen molar-refractivity contribution in [3.63, 3.8) is 0 Å². The quantitative estimate of drug-likeness (QED) is 0.436. The van der Waals surface area contributed by atoms with Crippen molar-refractivity contribution in [2.75, 3.05) is 19.0 Å². The molecular formula is C8H10NNaO. The van der Waals surface area contributed by atoms with Crippen LogP contribution >= 0.6 is 0 Å². The Morgan fingerprint density at radius 3 is 2.27 bits per heavy atom. The van der Waals surface area contributed by atoms with Gasteiger partial charge in [-0.2, -0.15) is 0 Å². The summed E-state index contributed by atoms with van der Waals surface area (Å²) in [6.45, 7) is 0. The van der Waals surface area contributed by atoms with E-state index in [4.69, 9.17) is 0 Å². The smallest absolute Gasteiger partial charge is 0.872 e. The predicted octanol–water partition coefficient (Wildman–Crippen LogP) is -2.17. The molecule has 54 valence electrons. The summed E-state index contributed by atoms with van der Waals surface area (Å²) in [4.78, 5) is 1.90. The van der Waals surface area contributed by atoms with Crippen molar-refractivity contribution in [1.82, 2.24) is 0 Å². The van der Waals surface area contributed by atoms with Crippen LogP contribution in [0.15, 0.2) is 24.3 Å². The van der Waals surface area contributed by atoms with Crippen molar-refractivity contribution in [3.05, 3.63) is 24.3 Å². The summed E-state index contributed by atoms with van der Waals surface area (Å²) in [5.41, 5.74) is 0.951. The summed E-state index contributed by atoms with van der Waals surface area (Å²) in [5, 5.41) is 10.8. The second-order valence-corrected chi connectivity index (χ2v) is 2.39. The molecule has 0 unspecified atom stereocenters. The molecule has 0 aromatic heterocycles. The first kappa shape index (κ1) is 10.8. The van der Waals surface area contributed by atoms with E-state index in [-0.39, 0.29) is 35.3 Å². The molecule has 3 heteroatoms. The topological polar surface area (TPSA) is 26.3 Å². The molecule has 0 atom stereocenters. The van der Waals surface area contributed by atoms with Crippen LogP contribution in [-0.4, -0.2) is 14.1 Å². The number of hydrogen-bond donors (Lipinski definition) is 0. The van der Waals surface area contributed by atoms with E-state index in [0.29, 0.717) is 0 Å². The molecule has 0 N–H and O–H groups in total. The van der Waals surface area contributed by atoms with Gasteiger partial charge in [-0.05, 0) is 12.1 Å². The molecule has 0 bridgehead atoms. The van der Waals surface area contributed by atoms with Crippen LogP contribution in [0, 0.1) is 0 Å². The second-order valence-electron chi connectivity index (χ2n) is 2.39. The Balaban J connectivity index is 0.000001000. The zero-order chi connectivity index (χ0) is 7.56. The molecule has 0 radical (unpaired) electrons. The average Bonchev–Trinajstić information content (AvgIpc) is 1.88. The monoisotopic (exact) mass is 159 g/mol. The molecule has 1 aromatic carbocycles. The van der Waals surface area contributed by atoms with Gasteiger partial charge >= 0.3 is 29.6 Å². The Kier molecular flexibility index (Phi) is 4.57. The zero-order valence-corrected chi connectivity index (χ0v) is 9.16. The van der Waals surface area contributed by atoms with Gasteiger partial charge in [-0.15, -0.1) is 5.75 Å². The van der Waals surface area contributed by atoms with Gasteiger partial charge in [0.15, 0.2) is 0 Å². The van der Waals surface area contributed by atoms with Gasteiger partial charge in [0.05, 0.1) is 0 Å². The van der Waals surface area contributed by atoms with E-state index >= 15 is 0 Å². The molecule has 1 aromatic rings. The van der Waals surface area contributed by atoms with Gasteiger partial charge < -0.3 is 10.0 Å². The van der Waals surface area contributed by atoms with Crippen LogP contribution in [0.25, 0.3) is 0 Å². The summed E-state index contributed by atoms with van der Waals surface area (Å²) in [6.07, 6.45) is 0. The van der Waals surface area contributed by atoms with Crippen LogP contribution in [0.1, 0.15) is 0 Å². The molecular weight excluding hydrogens is 149 g/mol. The molecule has 0 fully saturated rings. The molecule has 1 rings (SSSR count). The Hall–Kier alpha value is -0.180. The fraction of sp³-hybridized carbons (Fsp3) is 0.250. The van der Waals surface area contributed by atoms with Crippen molar-refractivity contribution in [1.29, 1.82) is 0 Å². The largest absolute Gasteiger partial charge is 1.00 e. The van der Waals surface area contributed by atoms with Gasteiger partial charge in [-0.1, -0.05) is 12.1 Å². The summed E-state index contributed by atoms with van der Waals surface area (Å²) >= 11 is 0. The molecule has 0 aliphatic carbocycles. The molecule has 0 saturated heterocycles. The molecule has 0 aliphatic heterocycles. The standard InChI is InChI=1S/C8H11NO.Na/c1-9(2)7-4-3-5-8(10)6-7;/h3-6,10H,1-2H3;/q;+1/p-1. The van der Waals surface area contributed by atoms with Gasteiger partial charge in [0, 0.05) is 19.8 Å². The fourth-order valence-electron chi connectivity index (χ4n) is 0.762. The first-order valence-corrected chi connectivity index (χ1v) is 3.14. The number of nitrogens with zero attached hydrogens (tertiary/aromatic N) is 1. The Bertz CT molecular complexity index is 225. The van der Waals surface area contributed by atoms with Gasteiger partial charge in [0.25, 0.3) is 0 Å². The Labute approximate surface area is 89.1 Å². The van der Waals surface area contributed by atoms with Gasteiger partial charge in [-0.25, -0.2) is 0 Å². The van der Waals surface area contributed by atoms with Crippen molar-refractivity contribution < 1.29 is 34.7 Å². The first-order valence-electron chi connectivity index (χ1n) is 3.14. The number of rotatable bonds is 1. The summed E-state index contributed by atoms with van der Waals surface area (Å²) in [5.74, 6) is 0.0613. The first-order chi connectivity index (χ1) is 4.70. The van der Waals surface area contributed by atoms with E-state index in [9.17, 15) is 5.11 Å². The maximum atomic E-state index is 10.8. The molecule has 0 amide bonds. The van der Waals surface area contributed by atoms with E-state index in [1.165, 1.54) is 0 Å². The molecule has 0 heterocycles. The summed E-state index contributed by atoms with van der Waals surface area (Å²) in [6, 6.07) is 6.83. The third-order valence-corrected chi connectivity index (χ3v) is 1.33. The minimum absolute atomic E-state index is 0. The molecule has 0 saturated carbocycles. The van der Waals surface area contributed by atoms with E-state index < -0.39 is 0 Å². The molecule has 0 aliphatic rings. The van der Waals surface area contributed by atoms with Crippen molar-refractivity contribution >= 4 is 5.69 Å². The third-order valence-electron chi connectivity index (χ3n) is 1.33.